The Balaban J connectivity index is 2.19. The number of halogens is 2. The summed E-state index contributed by atoms with van der Waals surface area (Å²) in [5, 5.41) is 2.46. The van der Waals surface area contributed by atoms with Gasteiger partial charge < -0.3 is 5.32 Å². The van der Waals surface area contributed by atoms with E-state index in [2.05, 4.69) is 5.32 Å². The smallest absolute Gasteiger partial charge is 0.255 e. The molecule has 2 rings (SSSR count). The molecule has 0 atom stereocenters. The summed E-state index contributed by atoms with van der Waals surface area (Å²) in [6, 6.07) is 7.83. The van der Waals surface area contributed by atoms with Crippen molar-refractivity contribution < 1.29 is 22.0 Å². The summed E-state index contributed by atoms with van der Waals surface area (Å²) >= 11 is 0. The minimum Gasteiger partial charge on any atom is -0.322 e. The van der Waals surface area contributed by atoms with Crippen LogP contribution in [0.3, 0.4) is 0 Å². The minimum atomic E-state index is -3.63. The molecule has 2 aromatic carbocycles. The van der Waals surface area contributed by atoms with E-state index in [1.165, 1.54) is 35.6 Å². The van der Waals surface area contributed by atoms with E-state index in [0.717, 1.165) is 12.1 Å². The molecular formula is C17H18F2N2O3S. The zero-order chi connectivity index (χ0) is 18.8. The first kappa shape index (κ1) is 19.0. The molecule has 0 aliphatic carbocycles. The Morgan fingerprint density at radius 2 is 1.56 bits per heavy atom. The van der Waals surface area contributed by atoms with Gasteiger partial charge in [0.05, 0.1) is 4.90 Å². The van der Waals surface area contributed by atoms with Crippen LogP contribution in [-0.4, -0.2) is 31.7 Å². The topological polar surface area (TPSA) is 66.5 Å². The van der Waals surface area contributed by atoms with Gasteiger partial charge in [-0.2, -0.15) is 4.31 Å². The van der Waals surface area contributed by atoms with E-state index in [4.69, 9.17) is 0 Å². The van der Waals surface area contributed by atoms with Crippen LogP contribution in [0.5, 0.6) is 0 Å². The van der Waals surface area contributed by atoms with Crippen LogP contribution in [0.25, 0.3) is 0 Å². The van der Waals surface area contributed by atoms with Crippen molar-refractivity contribution >= 4 is 21.6 Å². The van der Waals surface area contributed by atoms with E-state index in [1.807, 2.05) is 0 Å². The standard InChI is InChI=1S/C17H18F2N2O3S/c1-11(2)21(3)25(23,24)16-6-4-15(5-7-16)20-17(22)12-8-13(18)10-14(19)9-12/h4-11H,1-3H3,(H,20,22). The first-order chi connectivity index (χ1) is 11.6. The average molecular weight is 368 g/mol. The van der Waals surface area contributed by atoms with Gasteiger partial charge in [0.2, 0.25) is 10.0 Å². The number of amides is 1. The molecule has 0 saturated heterocycles. The highest BCUT2D eigenvalue weighted by molar-refractivity contribution is 7.89. The van der Waals surface area contributed by atoms with Crippen molar-refractivity contribution in [2.75, 3.05) is 12.4 Å². The third-order valence-corrected chi connectivity index (χ3v) is 5.69. The van der Waals surface area contributed by atoms with Gasteiger partial charge in [-0.1, -0.05) is 0 Å². The van der Waals surface area contributed by atoms with Gasteiger partial charge in [-0.25, -0.2) is 17.2 Å². The average Bonchev–Trinajstić information content (AvgIpc) is 2.53. The Bertz CT molecular complexity index is 861. The molecule has 0 unspecified atom stereocenters. The second-order valence-electron chi connectivity index (χ2n) is 5.75. The molecule has 0 saturated carbocycles. The highest BCUT2D eigenvalue weighted by Gasteiger charge is 2.22. The molecule has 8 heteroatoms. The van der Waals surface area contributed by atoms with Crippen LogP contribution in [0.1, 0.15) is 24.2 Å². The molecular weight excluding hydrogens is 350 g/mol. The van der Waals surface area contributed by atoms with E-state index in [9.17, 15) is 22.0 Å². The summed E-state index contributed by atoms with van der Waals surface area (Å²) in [5.41, 5.74) is 0.134. The number of benzene rings is 2. The lowest BCUT2D eigenvalue weighted by Gasteiger charge is -2.21. The van der Waals surface area contributed by atoms with Crippen molar-refractivity contribution in [3.05, 3.63) is 59.7 Å². The normalized spacial score (nSPS) is 11.8. The molecule has 2 aromatic rings. The van der Waals surface area contributed by atoms with Gasteiger partial charge in [-0.3, -0.25) is 4.79 Å². The van der Waals surface area contributed by atoms with Crippen LogP contribution < -0.4 is 5.32 Å². The van der Waals surface area contributed by atoms with Gasteiger partial charge in [0.25, 0.3) is 5.91 Å². The molecule has 5 nitrogen and oxygen atoms in total. The van der Waals surface area contributed by atoms with Gasteiger partial charge in [-0.05, 0) is 50.2 Å². The molecule has 0 radical (unpaired) electrons. The Kier molecular flexibility index (Phi) is 5.54. The molecule has 1 amide bonds. The third kappa shape index (κ3) is 4.40. The fourth-order valence-corrected chi connectivity index (χ4v) is 3.41. The summed E-state index contributed by atoms with van der Waals surface area (Å²) < 4.78 is 52.3. The van der Waals surface area contributed by atoms with Crippen LogP contribution in [0, 0.1) is 11.6 Å². The number of anilines is 1. The number of carbonyl (C=O) groups excluding carboxylic acids is 1. The van der Waals surface area contributed by atoms with Crippen LogP contribution >= 0.6 is 0 Å². The summed E-state index contributed by atoms with van der Waals surface area (Å²) in [6.07, 6.45) is 0. The van der Waals surface area contributed by atoms with Crippen molar-refractivity contribution in [2.24, 2.45) is 0 Å². The van der Waals surface area contributed by atoms with Gasteiger partial charge in [0, 0.05) is 30.4 Å². The van der Waals surface area contributed by atoms with Crippen molar-refractivity contribution in [3.8, 4) is 0 Å². The lowest BCUT2D eigenvalue weighted by Crippen LogP contribution is -2.33. The second-order valence-corrected chi connectivity index (χ2v) is 7.75. The summed E-state index contributed by atoms with van der Waals surface area (Å²) in [4.78, 5) is 12.1. The number of sulfonamides is 1. The van der Waals surface area contributed by atoms with Crippen molar-refractivity contribution in [2.45, 2.75) is 24.8 Å². The second kappa shape index (κ2) is 7.28. The predicted molar refractivity (Wildman–Crippen MR) is 90.8 cm³/mol. The molecule has 0 spiro atoms. The van der Waals surface area contributed by atoms with Gasteiger partial charge in [0.15, 0.2) is 0 Å². The monoisotopic (exact) mass is 368 g/mol. The van der Waals surface area contributed by atoms with Crippen molar-refractivity contribution in [1.82, 2.24) is 4.31 Å². The van der Waals surface area contributed by atoms with Crippen molar-refractivity contribution in [3.63, 3.8) is 0 Å². The number of hydrogen-bond donors (Lipinski definition) is 1. The lowest BCUT2D eigenvalue weighted by molar-refractivity contribution is 0.102. The molecule has 0 heterocycles. The third-order valence-electron chi connectivity index (χ3n) is 3.64. The summed E-state index contributed by atoms with van der Waals surface area (Å²) in [6.45, 7) is 3.51. The fraction of sp³-hybridized carbons (Fsp3) is 0.235. The van der Waals surface area contributed by atoms with Crippen LogP contribution in [0.15, 0.2) is 47.4 Å². The maximum atomic E-state index is 13.2. The van der Waals surface area contributed by atoms with Crippen LogP contribution in [0.2, 0.25) is 0 Å². The Morgan fingerprint density at radius 3 is 2.04 bits per heavy atom. The van der Waals surface area contributed by atoms with Crippen LogP contribution in [-0.2, 0) is 10.0 Å². The number of rotatable bonds is 5. The summed E-state index contributed by atoms with van der Waals surface area (Å²) in [7, 11) is -2.15. The maximum absolute atomic E-state index is 13.2. The predicted octanol–water partition coefficient (Wildman–Crippen LogP) is 3.25. The quantitative estimate of drug-likeness (QED) is 0.881. The van der Waals surface area contributed by atoms with E-state index in [0.29, 0.717) is 11.8 Å². The largest absolute Gasteiger partial charge is 0.322 e. The first-order valence-corrected chi connectivity index (χ1v) is 8.91. The van der Waals surface area contributed by atoms with Crippen molar-refractivity contribution in [1.29, 1.82) is 0 Å². The molecule has 0 aliphatic heterocycles. The molecule has 0 fully saturated rings. The Hall–Kier alpha value is -2.32. The minimum absolute atomic E-state index is 0.0819. The number of nitrogens with zero attached hydrogens (tertiary/aromatic N) is 1. The first-order valence-electron chi connectivity index (χ1n) is 7.47. The lowest BCUT2D eigenvalue weighted by atomic mass is 10.2. The molecule has 134 valence electrons. The summed E-state index contributed by atoms with van der Waals surface area (Å²) in [5.74, 6) is -2.42. The van der Waals surface area contributed by atoms with E-state index < -0.39 is 27.6 Å². The Morgan fingerprint density at radius 1 is 1.04 bits per heavy atom. The highest BCUT2D eigenvalue weighted by Crippen LogP contribution is 2.19. The highest BCUT2D eigenvalue weighted by atomic mass is 32.2. The van der Waals surface area contributed by atoms with E-state index in [1.54, 1.807) is 13.8 Å². The SMILES string of the molecule is CC(C)N(C)S(=O)(=O)c1ccc(NC(=O)c2cc(F)cc(F)c2)cc1. The molecule has 1 N–H and O–H groups in total. The number of nitrogens with one attached hydrogen (secondary N) is 1. The molecule has 0 aliphatic rings. The number of hydrogen-bond acceptors (Lipinski definition) is 3. The van der Waals surface area contributed by atoms with Crippen LogP contribution in [0.4, 0.5) is 14.5 Å². The fourth-order valence-electron chi connectivity index (χ4n) is 2.04. The van der Waals surface area contributed by atoms with Gasteiger partial charge >= 0.3 is 0 Å². The van der Waals surface area contributed by atoms with Gasteiger partial charge in [-0.15, -0.1) is 0 Å². The Labute approximate surface area is 145 Å². The molecule has 0 aromatic heterocycles. The number of carbonyl (C=O) groups is 1. The van der Waals surface area contributed by atoms with E-state index in [-0.39, 0.29) is 16.5 Å². The zero-order valence-electron chi connectivity index (χ0n) is 14.0. The molecule has 25 heavy (non-hydrogen) atoms. The van der Waals surface area contributed by atoms with Gasteiger partial charge in [0.1, 0.15) is 11.6 Å². The maximum Gasteiger partial charge on any atom is 0.255 e. The molecule has 0 bridgehead atoms. The van der Waals surface area contributed by atoms with E-state index >= 15 is 0 Å². The zero-order valence-corrected chi connectivity index (χ0v) is 14.8.